The highest BCUT2D eigenvalue weighted by molar-refractivity contribution is 7.71. The molecule has 0 amide bonds. The number of nitrogens with zero attached hydrogens (tertiary/aromatic N) is 7. The van der Waals surface area contributed by atoms with E-state index in [1.54, 1.807) is 12.4 Å². The van der Waals surface area contributed by atoms with Crippen molar-refractivity contribution in [1.29, 1.82) is 0 Å². The second-order valence-corrected chi connectivity index (χ2v) is 7.76. The van der Waals surface area contributed by atoms with Crippen LogP contribution in [0.25, 0.3) is 5.69 Å². The standard InChI is InChI=1S/C20H23N7S/c28-20-26(15-24-10-12-25(13-11-24)18-14-21-8-9-22-18)23-19(16-6-7-16)27(20)17-4-2-1-3-5-17/h1-5,8-9,14,16H,6-7,10-13,15H2. The van der Waals surface area contributed by atoms with Crippen molar-refractivity contribution < 1.29 is 0 Å². The molecule has 3 heterocycles. The van der Waals surface area contributed by atoms with E-state index in [9.17, 15) is 0 Å². The number of anilines is 1. The molecule has 0 atom stereocenters. The smallest absolute Gasteiger partial charge is 0.203 e. The van der Waals surface area contributed by atoms with Crippen molar-refractivity contribution in [3.63, 3.8) is 0 Å². The van der Waals surface area contributed by atoms with Crippen molar-refractivity contribution >= 4 is 18.0 Å². The molecule has 1 saturated heterocycles. The summed E-state index contributed by atoms with van der Waals surface area (Å²) in [6.45, 7) is 4.50. The second-order valence-electron chi connectivity index (χ2n) is 7.40. The number of hydrogen-bond acceptors (Lipinski definition) is 6. The quantitative estimate of drug-likeness (QED) is 0.622. The molecule has 1 aromatic carbocycles. The van der Waals surface area contributed by atoms with Crippen LogP contribution in [0, 0.1) is 4.77 Å². The first kappa shape index (κ1) is 17.5. The number of hydrogen-bond donors (Lipinski definition) is 0. The minimum Gasteiger partial charge on any atom is -0.353 e. The van der Waals surface area contributed by atoms with E-state index in [1.165, 1.54) is 12.8 Å². The minimum absolute atomic E-state index is 0.539. The number of rotatable bonds is 5. The molecule has 8 heteroatoms. The highest BCUT2D eigenvalue weighted by Gasteiger charge is 2.31. The van der Waals surface area contributed by atoms with E-state index in [4.69, 9.17) is 17.3 Å². The maximum atomic E-state index is 5.82. The lowest BCUT2D eigenvalue weighted by Gasteiger charge is -2.34. The Balaban J connectivity index is 1.33. The van der Waals surface area contributed by atoms with Gasteiger partial charge in [-0.3, -0.25) is 14.5 Å². The van der Waals surface area contributed by atoms with E-state index >= 15 is 0 Å². The lowest BCUT2D eigenvalue weighted by molar-refractivity contribution is 0.193. The van der Waals surface area contributed by atoms with Crippen molar-refractivity contribution in [3.8, 4) is 5.69 Å². The molecule has 7 nitrogen and oxygen atoms in total. The SMILES string of the molecule is S=c1n(CN2CCN(c3cnccn3)CC2)nc(C2CC2)n1-c1ccccc1. The molecule has 0 radical (unpaired) electrons. The van der Waals surface area contributed by atoms with Crippen LogP contribution >= 0.6 is 12.2 Å². The predicted molar refractivity (Wildman–Crippen MR) is 110 cm³/mol. The average molecular weight is 394 g/mol. The summed E-state index contributed by atoms with van der Waals surface area (Å²) in [5, 5.41) is 4.92. The van der Waals surface area contributed by atoms with Gasteiger partial charge < -0.3 is 4.90 Å². The van der Waals surface area contributed by atoms with Gasteiger partial charge in [0.1, 0.15) is 11.6 Å². The Kier molecular flexibility index (Phi) is 4.66. The zero-order valence-corrected chi connectivity index (χ0v) is 16.5. The Labute approximate surface area is 169 Å². The molecule has 0 unspecified atom stereocenters. The van der Waals surface area contributed by atoms with E-state index in [0.29, 0.717) is 5.92 Å². The lowest BCUT2D eigenvalue weighted by Crippen LogP contribution is -2.47. The van der Waals surface area contributed by atoms with E-state index in [2.05, 4.69) is 48.6 Å². The van der Waals surface area contributed by atoms with Gasteiger partial charge in [-0.2, -0.15) is 5.10 Å². The van der Waals surface area contributed by atoms with Gasteiger partial charge >= 0.3 is 0 Å². The molecule has 0 N–H and O–H groups in total. The van der Waals surface area contributed by atoms with Crippen LogP contribution in [0.1, 0.15) is 24.6 Å². The highest BCUT2D eigenvalue weighted by atomic mass is 32.1. The molecule has 0 bridgehead atoms. The van der Waals surface area contributed by atoms with Crippen molar-refractivity contribution in [2.24, 2.45) is 0 Å². The van der Waals surface area contributed by atoms with E-state index < -0.39 is 0 Å². The van der Waals surface area contributed by atoms with Gasteiger partial charge in [-0.1, -0.05) is 18.2 Å². The maximum absolute atomic E-state index is 5.82. The van der Waals surface area contributed by atoms with Gasteiger partial charge in [0, 0.05) is 50.2 Å². The molecule has 1 saturated carbocycles. The summed E-state index contributed by atoms with van der Waals surface area (Å²) in [5.74, 6) is 2.59. The van der Waals surface area contributed by atoms with Crippen molar-refractivity contribution in [2.75, 3.05) is 31.1 Å². The van der Waals surface area contributed by atoms with Crippen LogP contribution in [0.2, 0.25) is 0 Å². The molecule has 28 heavy (non-hydrogen) atoms. The van der Waals surface area contributed by atoms with E-state index in [-0.39, 0.29) is 0 Å². The third-order valence-corrected chi connectivity index (χ3v) is 5.79. The topological polar surface area (TPSA) is 55.0 Å². The van der Waals surface area contributed by atoms with Crippen molar-refractivity contribution in [3.05, 3.63) is 59.5 Å². The third-order valence-electron chi connectivity index (χ3n) is 5.40. The summed E-state index contributed by atoms with van der Waals surface area (Å²) in [6, 6.07) is 10.3. The van der Waals surface area contributed by atoms with Crippen molar-refractivity contribution in [1.82, 2.24) is 29.2 Å². The number of benzene rings is 1. The average Bonchev–Trinajstić information content (AvgIpc) is 3.55. The van der Waals surface area contributed by atoms with Crippen LogP contribution in [0.4, 0.5) is 5.82 Å². The number of piperazine rings is 1. The van der Waals surface area contributed by atoms with Crippen LogP contribution in [0.5, 0.6) is 0 Å². The fraction of sp³-hybridized carbons (Fsp3) is 0.400. The fourth-order valence-corrected chi connectivity index (χ4v) is 4.00. The second kappa shape index (κ2) is 7.44. The Bertz CT molecular complexity index is 986. The molecular weight excluding hydrogens is 370 g/mol. The van der Waals surface area contributed by atoms with E-state index in [0.717, 1.165) is 54.9 Å². The van der Waals surface area contributed by atoms with Crippen LogP contribution < -0.4 is 4.90 Å². The molecule has 2 aliphatic rings. The van der Waals surface area contributed by atoms with Gasteiger partial charge in [0.15, 0.2) is 0 Å². The largest absolute Gasteiger partial charge is 0.353 e. The molecule has 3 aromatic rings. The predicted octanol–water partition coefficient (Wildman–Crippen LogP) is 2.85. The monoisotopic (exact) mass is 393 g/mol. The molecule has 5 rings (SSSR count). The first-order valence-corrected chi connectivity index (χ1v) is 10.2. The summed E-state index contributed by atoms with van der Waals surface area (Å²) < 4.78 is 4.93. The molecule has 2 fully saturated rings. The molecule has 2 aromatic heterocycles. The highest BCUT2D eigenvalue weighted by Crippen LogP contribution is 2.40. The Morgan fingerprint density at radius 2 is 1.79 bits per heavy atom. The van der Waals surface area contributed by atoms with Gasteiger partial charge in [0.2, 0.25) is 4.77 Å². The van der Waals surface area contributed by atoms with Gasteiger partial charge in [0.05, 0.1) is 12.9 Å². The lowest BCUT2D eigenvalue weighted by atomic mass is 10.3. The molecule has 1 aliphatic heterocycles. The van der Waals surface area contributed by atoms with Gasteiger partial charge in [-0.05, 0) is 37.2 Å². The first-order chi connectivity index (χ1) is 13.8. The van der Waals surface area contributed by atoms with Crippen LogP contribution in [0.15, 0.2) is 48.9 Å². The molecular formula is C20H23N7S. The van der Waals surface area contributed by atoms with Gasteiger partial charge in [-0.25, -0.2) is 9.67 Å². The summed E-state index contributed by atoms with van der Waals surface area (Å²) in [6.07, 6.45) is 7.69. The maximum Gasteiger partial charge on any atom is 0.203 e. The van der Waals surface area contributed by atoms with Crippen LogP contribution in [-0.4, -0.2) is 55.4 Å². The molecule has 1 aliphatic carbocycles. The zero-order valence-electron chi connectivity index (χ0n) is 15.7. The van der Waals surface area contributed by atoms with Crippen molar-refractivity contribution in [2.45, 2.75) is 25.4 Å². The van der Waals surface area contributed by atoms with Crippen LogP contribution in [0.3, 0.4) is 0 Å². The molecule has 0 spiro atoms. The summed E-state index contributed by atoms with van der Waals surface area (Å²) >= 11 is 5.82. The Hall–Kier alpha value is -2.58. The van der Waals surface area contributed by atoms with Gasteiger partial charge in [0.25, 0.3) is 0 Å². The first-order valence-electron chi connectivity index (χ1n) is 9.78. The Morgan fingerprint density at radius 3 is 2.46 bits per heavy atom. The van der Waals surface area contributed by atoms with Gasteiger partial charge in [-0.15, -0.1) is 0 Å². The minimum atomic E-state index is 0.539. The normalized spacial score (nSPS) is 17.8. The van der Waals surface area contributed by atoms with Crippen LogP contribution in [-0.2, 0) is 6.67 Å². The summed E-state index contributed by atoms with van der Waals surface area (Å²) in [4.78, 5) is 13.3. The number of aromatic nitrogens is 5. The Morgan fingerprint density at radius 1 is 1.00 bits per heavy atom. The van der Waals surface area contributed by atoms with E-state index in [1.807, 2.05) is 16.9 Å². The summed E-state index contributed by atoms with van der Waals surface area (Å²) in [5.41, 5.74) is 1.10. The number of para-hydroxylation sites is 1. The fourth-order valence-electron chi connectivity index (χ4n) is 3.70. The molecule has 144 valence electrons. The zero-order chi connectivity index (χ0) is 18.9. The third kappa shape index (κ3) is 3.45. The summed E-state index contributed by atoms with van der Waals surface area (Å²) in [7, 11) is 0.